The maximum Gasteiger partial charge on any atom is 0.252 e. The highest BCUT2D eigenvalue weighted by molar-refractivity contribution is 6.00. The number of benzene rings is 2. The van der Waals surface area contributed by atoms with Crippen molar-refractivity contribution in [3.8, 4) is 0 Å². The highest BCUT2D eigenvalue weighted by Gasteiger charge is 2.39. The van der Waals surface area contributed by atoms with Crippen molar-refractivity contribution in [2.24, 2.45) is 17.6 Å². The molecule has 0 aliphatic heterocycles. The van der Waals surface area contributed by atoms with Crippen LogP contribution in [0.15, 0.2) is 54.6 Å². The van der Waals surface area contributed by atoms with E-state index in [4.69, 9.17) is 5.73 Å². The third-order valence-corrected chi connectivity index (χ3v) is 4.53. The van der Waals surface area contributed by atoms with E-state index in [2.05, 4.69) is 10.6 Å². The lowest BCUT2D eigenvalue weighted by Crippen LogP contribution is -2.37. The van der Waals surface area contributed by atoms with Gasteiger partial charge in [-0.1, -0.05) is 43.3 Å². The zero-order valence-electron chi connectivity index (χ0n) is 14.4. The molecule has 1 saturated carbocycles. The number of carbonyl (C=O) groups is 3. The molecule has 1 aliphatic carbocycles. The summed E-state index contributed by atoms with van der Waals surface area (Å²) in [6, 6.07) is 14.5. The van der Waals surface area contributed by atoms with Gasteiger partial charge in [-0.05, 0) is 36.1 Å². The molecule has 3 atom stereocenters. The lowest BCUT2D eigenvalue weighted by molar-refractivity contribution is -0.120. The number of hydrogen-bond donors (Lipinski definition) is 3. The van der Waals surface area contributed by atoms with E-state index < -0.39 is 17.9 Å². The number of carbonyl (C=O) groups excluding carboxylic acids is 3. The summed E-state index contributed by atoms with van der Waals surface area (Å²) in [5, 5.41) is 5.47. The first kappa shape index (κ1) is 17.7. The normalized spacial score (nSPS) is 19.3. The van der Waals surface area contributed by atoms with Crippen LogP contribution in [0.5, 0.6) is 0 Å². The number of amides is 3. The first-order valence-corrected chi connectivity index (χ1v) is 8.51. The highest BCUT2D eigenvalue weighted by atomic mass is 16.2. The molecule has 26 heavy (non-hydrogen) atoms. The average molecular weight is 351 g/mol. The van der Waals surface area contributed by atoms with Gasteiger partial charge in [0.05, 0.1) is 0 Å². The zero-order chi connectivity index (χ0) is 18.7. The van der Waals surface area contributed by atoms with Gasteiger partial charge in [0.2, 0.25) is 11.8 Å². The Kier molecular flexibility index (Phi) is 5.02. The third-order valence-electron chi connectivity index (χ3n) is 4.53. The smallest absolute Gasteiger partial charge is 0.252 e. The molecule has 0 bridgehead atoms. The van der Waals surface area contributed by atoms with Gasteiger partial charge in [0, 0.05) is 17.2 Å². The minimum absolute atomic E-state index is 0.0330. The maximum absolute atomic E-state index is 12.5. The fourth-order valence-electron chi connectivity index (χ4n) is 2.84. The predicted octanol–water partition coefficient (Wildman–Crippen LogP) is 2.24. The summed E-state index contributed by atoms with van der Waals surface area (Å²) in [4.78, 5) is 36.3. The van der Waals surface area contributed by atoms with E-state index in [-0.39, 0.29) is 11.8 Å². The Morgan fingerprint density at radius 3 is 2.38 bits per heavy atom. The second-order valence-corrected chi connectivity index (χ2v) is 6.61. The molecule has 2 aromatic carbocycles. The number of hydrogen-bond acceptors (Lipinski definition) is 3. The van der Waals surface area contributed by atoms with E-state index in [1.165, 1.54) is 0 Å². The SMILES string of the molecule is CC1CC1C(=O)Nc1cccc(C(=O)NC(C(N)=O)c2ccccc2)c1. The van der Waals surface area contributed by atoms with Crippen LogP contribution >= 0.6 is 0 Å². The van der Waals surface area contributed by atoms with Gasteiger partial charge in [0.1, 0.15) is 6.04 Å². The maximum atomic E-state index is 12.5. The minimum atomic E-state index is -0.922. The third kappa shape index (κ3) is 4.08. The first-order valence-electron chi connectivity index (χ1n) is 8.51. The molecule has 6 nitrogen and oxygen atoms in total. The molecule has 0 aromatic heterocycles. The standard InChI is InChI=1S/C20H21N3O3/c1-12-10-16(12)20(26)22-15-9-5-8-14(11-15)19(25)23-17(18(21)24)13-6-3-2-4-7-13/h2-9,11-12,16-17H,10H2,1H3,(H2,21,24)(H,22,26)(H,23,25). The zero-order valence-corrected chi connectivity index (χ0v) is 14.4. The largest absolute Gasteiger partial charge is 0.368 e. The van der Waals surface area contributed by atoms with Crippen molar-refractivity contribution in [3.05, 3.63) is 65.7 Å². The molecule has 2 aromatic rings. The number of primary amides is 1. The number of nitrogens with two attached hydrogens (primary N) is 1. The van der Waals surface area contributed by atoms with Crippen molar-refractivity contribution in [2.45, 2.75) is 19.4 Å². The fraction of sp³-hybridized carbons (Fsp3) is 0.250. The van der Waals surface area contributed by atoms with Gasteiger partial charge in [-0.2, -0.15) is 0 Å². The molecule has 3 amide bonds. The van der Waals surface area contributed by atoms with E-state index in [0.717, 1.165) is 6.42 Å². The predicted molar refractivity (Wildman–Crippen MR) is 98.2 cm³/mol. The van der Waals surface area contributed by atoms with Crippen LogP contribution in [0.3, 0.4) is 0 Å². The van der Waals surface area contributed by atoms with Crippen LogP contribution in [0.25, 0.3) is 0 Å². The molecular weight excluding hydrogens is 330 g/mol. The summed E-state index contributed by atoms with van der Waals surface area (Å²) in [7, 11) is 0. The van der Waals surface area contributed by atoms with Crippen LogP contribution in [-0.2, 0) is 9.59 Å². The Hall–Kier alpha value is -3.15. The molecule has 6 heteroatoms. The summed E-state index contributed by atoms with van der Waals surface area (Å²) in [5.41, 5.74) is 6.94. The van der Waals surface area contributed by atoms with Gasteiger partial charge in [-0.25, -0.2) is 0 Å². The Bertz CT molecular complexity index is 835. The second-order valence-electron chi connectivity index (χ2n) is 6.61. The molecule has 0 saturated heterocycles. The molecule has 4 N–H and O–H groups in total. The number of anilines is 1. The molecule has 134 valence electrons. The lowest BCUT2D eigenvalue weighted by Gasteiger charge is -2.16. The molecule has 1 fully saturated rings. The van der Waals surface area contributed by atoms with Crippen molar-refractivity contribution in [3.63, 3.8) is 0 Å². The monoisotopic (exact) mass is 351 g/mol. The van der Waals surface area contributed by atoms with E-state index in [9.17, 15) is 14.4 Å². The summed E-state index contributed by atoms with van der Waals surface area (Å²) in [5.74, 6) is -0.659. The number of rotatable bonds is 6. The molecule has 0 radical (unpaired) electrons. The van der Waals surface area contributed by atoms with Crippen LogP contribution in [0, 0.1) is 11.8 Å². The molecule has 3 unspecified atom stereocenters. The molecule has 3 rings (SSSR count). The first-order chi connectivity index (χ1) is 12.5. The summed E-state index contributed by atoms with van der Waals surface area (Å²) in [6.45, 7) is 2.03. The van der Waals surface area contributed by atoms with Crippen molar-refractivity contribution in [1.29, 1.82) is 0 Å². The quantitative estimate of drug-likeness (QED) is 0.744. The van der Waals surface area contributed by atoms with E-state index in [1.54, 1.807) is 48.5 Å². The van der Waals surface area contributed by atoms with E-state index in [1.807, 2.05) is 13.0 Å². The van der Waals surface area contributed by atoms with Gasteiger partial charge in [-0.3, -0.25) is 14.4 Å². The summed E-state index contributed by atoms with van der Waals surface area (Å²) in [6.07, 6.45) is 0.892. The molecule has 0 heterocycles. The summed E-state index contributed by atoms with van der Waals surface area (Å²) >= 11 is 0. The van der Waals surface area contributed by atoms with Crippen molar-refractivity contribution >= 4 is 23.4 Å². The molecule has 1 aliphatic rings. The van der Waals surface area contributed by atoms with Gasteiger partial charge >= 0.3 is 0 Å². The lowest BCUT2D eigenvalue weighted by atomic mass is 10.1. The Morgan fingerprint density at radius 2 is 1.77 bits per heavy atom. The average Bonchev–Trinajstić information content (AvgIpc) is 3.37. The van der Waals surface area contributed by atoms with Crippen molar-refractivity contribution in [2.75, 3.05) is 5.32 Å². The minimum Gasteiger partial charge on any atom is -0.368 e. The highest BCUT2D eigenvalue weighted by Crippen LogP contribution is 2.38. The van der Waals surface area contributed by atoms with Crippen molar-refractivity contribution < 1.29 is 14.4 Å². The van der Waals surface area contributed by atoms with Crippen LogP contribution in [-0.4, -0.2) is 17.7 Å². The Balaban J connectivity index is 1.71. The van der Waals surface area contributed by atoms with Gasteiger partial charge in [0.25, 0.3) is 5.91 Å². The number of nitrogens with one attached hydrogen (secondary N) is 2. The topological polar surface area (TPSA) is 101 Å². The van der Waals surface area contributed by atoms with Crippen molar-refractivity contribution in [1.82, 2.24) is 5.32 Å². The Labute approximate surface area is 151 Å². The van der Waals surface area contributed by atoms with Crippen LogP contribution in [0.1, 0.15) is 35.3 Å². The summed E-state index contributed by atoms with van der Waals surface area (Å²) < 4.78 is 0. The Morgan fingerprint density at radius 1 is 1.08 bits per heavy atom. The molecular formula is C20H21N3O3. The van der Waals surface area contributed by atoms with Crippen LogP contribution in [0.2, 0.25) is 0 Å². The van der Waals surface area contributed by atoms with E-state index in [0.29, 0.717) is 22.7 Å². The van der Waals surface area contributed by atoms with Gasteiger partial charge in [0.15, 0.2) is 0 Å². The van der Waals surface area contributed by atoms with E-state index >= 15 is 0 Å². The van der Waals surface area contributed by atoms with Crippen LogP contribution < -0.4 is 16.4 Å². The molecule has 0 spiro atoms. The van der Waals surface area contributed by atoms with Gasteiger partial charge in [-0.15, -0.1) is 0 Å². The second kappa shape index (κ2) is 7.39. The van der Waals surface area contributed by atoms with Crippen LogP contribution in [0.4, 0.5) is 5.69 Å². The fourth-order valence-corrected chi connectivity index (χ4v) is 2.84. The van der Waals surface area contributed by atoms with Gasteiger partial charge < -0.3 is 16.4 Å².